The number of rotatable bonds is 11. The molecular formula is C41H50N10O4. The summed E-state index contributed by atoms with van der Waals surface area (Å²) in [7, 11) is 0. The first kappa shape index (κ1) is 36.6. The molecule has 0 spiro atoms. The second-order valence-electron chi connectivity index (χ2n) is 15.4. The summed E-state index contributed by atoms with van der Waals surface area (Å²) >= 11 is 0. The summed E-state index contributed by atoms with van der Waals surface area (Å²) < 4.78 is 5.93. The number of carbonyl (C=O) groups excluding carboxylic acids is 3. The van der Waals surface area contributed by atoms with Crippen LogP contribution in [0.1, 0.15) is 67.2 Å². The van der Waals surface area contributed by atoms with Crippen molar-refractivity contribution in [1.29, 1.82) is 0 Å². The zero-order chi connectivity index (χ0) is 38.2. The first-order valence-electron chi connectivity index (χ1n) is 19.6. The van der Waals surface area contributed by atoms with Crippen LogP contribution in [0, 0.1) is 0 Å². The molecule has 2 N–H and O–H groups in total. The maximum absolute atomic E-state index is 13.4. The summed E-state index contributed by atoms with van der Waals surface area (Å²) in [6.45, 7) is 18.7. The van der Waals surface area contributed by atoms with E-state index in [-0.39, 0.29) is 12.0 Å². The number of hydrogen-bond acceptors (Lipinski definition) is 11. The molecule has 14 nitrogen and oxygen atoms in total. The number of hydrogen-bond donors (Lipinski definition) is 2. The first-order valence-corrected chi connectivity index (χ1v) is 19.6. The van der Waals surface area contributed by atoms with Crippen molar-refractivity contribution in [3.63, 3.8) is 0 Å². The Hall–Kier alpha value is -5.34. The predicted octanol–water partition coefficient (Wildman–Crippen LogP) is 4.31. The normalized spacial score (nSPS) is 21.2. The summed E-state index contributed by atoms with van der Waals surface area (Å²) in [4.78, 5) is 59.2. The van der Waals surface area contributed by atoms with Crippen LogP contribution in [0.5, 0.6) is 5.75 Å². The molecular weight excluding hydrogens is 697 g/mol. The second kappa shape index (κ2) is 15.4. The molecule has 8 rings (SSSR count). The van der Waals surface area contributed by atoms with Crippen LogP contribution in [-0.4, -0.2) is 130 Å². The van der Waals surface area contributed by atoms with E-state index in [1.807, 2.05) is 50.2 Å². The molecule has 4 aromatic rings. The van der Waals surface area contributed by atoms with Gasteiger partial charge in [0, 0.05) is 74.7 Å². The van der Waals surface area contributed by atoms with Gasteiger partial charge in [-0.3, -0.25) is 34.2 Å². The van der Waals surface area contributed by atoms with Crippen molar-refractivity contribution in [2.24, 2.45) is 0 Å². The highest BCUT2D eigenvalue weighted by Crippen LogP contribution is 2.33. The van der Waals surface area contributed by atoms with Gasteiger partial charge in [-0.2, -0.15) is 5.10 Å². The number of anilines is 2. The largest absolute Gasteiger partial charge is 0.491 e. The lowest BCUT2D eigenvalue weighted by Gasteiger charge is -2.40. The first-order chi connectivity index (χ1) is 26.6. The van der Waals surface area contributed by atoms with E-state index in [0.717, 1.165) is 116 Å². The number of aromatic nitrogens is 4. The molecule has 2 aromatic carbocycles. The third-order valence-corrected chi connectivity index (χ3v) is 11.3. The van der Waals surface area contributed by atoms with Crippen molar-refractivity contribution >= 4 is 40.1 Å². The number of H-pyrrole nitrogens is 1. The number of benzene rings is 2. The zero-order valence-corrected chi connectivity index (χ0v) is 32.0. The molecule has 6 heterocycles. The molecule has 3 saturated heterocycles. The lowest BCUT2D eigenvalue weighted by molar-refractivity contribution is -0.125. The van der Waals surface area contributed by atoms with E-state index < -0.39 is 17.9 Å². The Bertz CT molecular complexity index is 2110. The maximum atomic E-state index is 13.4. The fraction of sp³-hybridized carbons (Fsp3) is 0.463. The number of nitrogens with one attached hydrogen (secondary N) is 2. The van der Waals surface area contributed by atoms with Gasteiger partial charge in [-0.05, 0) is 95.9 Å². The quantitative estimate of drug-likeness (QED) is 0.168. The fourth-order valence-electron chi connectivity index (χ4n) is 8.33. The second-order valence-corrected chi connectivity index (χ2v) is 15.4. The van der Waals surface area contributed by atoms with Crippen LogP contribution in [0.4, 0.5) is 11.5 Å². The van der Waals surface area contributed by atoms with Crippen LogP contribution in [0.25, 0.3) is 22.3 Å². The third kappa shape index (κ3) is 7.52. The predicted molar refractivity (Wildman–Crippen MR) is 211 cm³/mol. The highest BCUT2D eigenvalue weighted by Gasteiger charge is 2.44. The number of aromatic amines is 1. The number of allylic oxidation sites excluding steroid dienone is 1. The Labute approximate surface area is 321 Å². The van der Waals surface area contributed by atoms with Crippen LogP contribution >= 0.6 is 0 Å². The van der Waals surface area contributed by atoms with Gasteiger partial charge in [0.1, 0.15) is 29.6 Å². The minimum Gasteiger partial charge on any atom is -0.491 e. The lowest BCUT2D eigenvalue weighted by Crippen LogP contribution is -2.52. The molecule has 0 bridgehead atoms. The molecule has 14 heteroatoms. The summed E-state index contributed by atoms with van der Waals surface area (Å²) in [5.41, 5.74) is 4.84. The molecule has 4 aliphatic heterocycles. The summed E-state index contributed by atoms with van der Waals surface area (Å²) in [6.07, 6.45) is 4.94. The Morgan fingerprint density at radius 1 is 0.891 bits per heavy atom. The van der Waals surface area contributed by atoms with Gasteiger partial charge in [-0.15, -0.1) is 0 Å². The SMILES string of the molecule is C=C1CCC(N2C(=O)c3ccc(N4CCN(CCCCN5CCN(c6cc(-c7n[nH]c8ccc(OC(C)C)cc78)ncn6)C[C@@H]5C)CC4)cc3C2=O)C(=O)N1. The average Bonchev–Trinajstić information content (AvgIpc) is 3.71. The van der Waals surface area contributed by atoms with Gasteiger partial charge in [-0.25, -0.2) is 9.97 Å². The van der Waals surface area contributed by atoms with Crippen LogP contribution in [0.15, 0.2) is 61.1 Å². The summed E-state index contributed by atoms with van der Waals surface area (Å²) in [5, 5.41) is 11.4. The molecule has 2 aromatic heterocycles. The Morgan fingerprint density at radius 3 is 2.45 bits per heavy atom. The van der Waals surface area contributed by atoms with E-state index in [2.05, 4.69) is 58.6 Å². The molecule has 0 saturated carbocycles. The van der Waals surface area contributed by atoms with Crippen molar-refractivity contribution in [3.05, 3.63) is 72.2 Å². The molecule has 288 valence electrons. The molecule has 0 aliphatic carbocycles. The van der Waals surface area contributed by atoms with Crippen molar-refractivity contribution in [1.82, 2.24) is 40.2 Å². The number of carbonyl (C=O) groups is 3. The number of unbranched alkanes of at least 4 members (excludes halogenated alkanes) is 1. The number of nitrogens with zero attached hydrogens (tertiary/aromatic N) is 8. The number of imide groups is 1. The van der Waals surface area contributed by atoms with E-state index in [4.69, 9.17) is 4.74 Å². The van der Waals surface area contributed by atoms with Crippen LogP contribution < -0.4 is 19.9 Å². The van der Waals surface area contributed by atoms with Crippen molar-refractivity contribution in [3.8, 4) is 17.1 Å². The van der Waals surface area contributed by atoms with Gasteiger partial charge in [0.05, 0.1) is 28.4 Å². The third-order valence-electron chi connectivity index (χ3n) is 11.3. The average molecular weight is 747 g/mol. The molecule has 1 unspecified atom stereocenters. The molecule has 55 heavy (non-hydrogen) atoms. The number of ether oxygens (including phenoxy) is 1. The standard InChI is InChI=1S/C41H50N10O4/c1-26(2)55-30-9-11-34-33(22-30)38(46-45-34)35-23-37(43-25-42-35)50-20-19-48(28(4)24-50)14-6-5-13-47-15-17-49(18-16-47)29-8-10-31-32(21-29)41(54)51(40(31)53)36-12-7-27(3)44-39(36)52/h8-11,21-23,25-26,28,36H,3,5-7,12-20,24H2,1-2,4H3,(H,44,52)(H,45,46)/t28-,36?/m0/s1. The number of piperidine rings is 1. The van der Waals surface area contributed by atoms with Gasteiger partial charge in [-0.1, -0.05) is 6.58 Å². The minimum atomic E-state index is -0.800. The lowest BCUT2D eigenvalue weighted by atomic mass is 10.0. The highest BCUT2D eigenvalue weighted by molar-refractivity contribution is 6.23. The van der Waals surface area contributed by atoms with Crippen LogP contribution in [0.2, 0.25) is 0 Å². The van der Waals surface area contributed by atoms with Crippen LogP contribution in [0.3, 0.4) is 0 Å². The monoisotopic (exact) mass is 746 g/mol. The number of fused-ring (bicyclic) bond motifs is 2. The van der Waals surface area contributed by atoms with E-state index >= 15 is 0 Å². The topological polar surface area (TPSA) is 143 Å². The summed E-state index contributed by atoms with van der Waals surface area (Å²) in [6, 6.07) is 13.1. The molecule has 3 amide bonds. The Balaban J connectivity index is 0.787. The Morgan fingerprint density at radius 2 is 1.67 bits per heavy atom. The van der Waals surface area contributed by atoms with Gasteiger partial charge < -0.3 is 19.9 Å². The van der Waals surface area contributed by atoms with Gasteiger partial charge in [0.15, 0.2) is 0 Å². The van der Waals surface area contributed by atoms with E-state index in [1.54, 1.807) is 12.4 Å². The number of piperazine rings is 2. The number of amides is 3. The van der Waals surface area contributed by atoms with E-state index in [0.29, 0.717) is 35.7 Å². The van der Waals surface area contributed by atoms with Gasteiger partial charge >= 0.3 is 0 Å². The van der Waals surface area contributed by atoms with Crippen molar-refractivity contribution in [2.75, 3.05) is 68.7 Å². The van der Waals surface area contributed by atoms with Crippen molar-refractivity contribution in [2.45, 2.75) is 64.6 Å². The van der Waals surface area contributed by atoms with E-state index in [9.17, 15) is 14.4 Å². The van der Waals surface area contributed by atoms with Gasteiger partial charge in [0.25, 0.3) is 11.8 Å². The minimum absolute atomic E-state index is 0.0880. The zero-order valence-electron chi connectivity index (χ0n) is 32.0. The molecule has 3 fully saturated rings. The Kier molecular flexibility index (Phi) is 10.3. The fourth-order valence-corrected chi connectivity index (χ4v) is 8.33. The van der Waals surface area contributed by atoms with Crippen LogP contribution in [-0.2, 0) is 4.79 Å². The molecule has 2 atom stereocenters. The van der Waals surface area contributed by atoms with Gasteiger partial charge in [0.2, 0.25) is 5.91 Å². The molecule has 4 aliphatic rings. The maximum Gasteiger partial charge on any atom is 0.262 e. The van der Waals surface area contributed by atoms with E-state index in [1.165, 1.54) is 0 Å². The smallest absolute Gasteiger partial charge is 0.262 e. The summed E-state index contributed by atoms with van der Waals surface area (Å²) in [5.74, 6) is 0.597. The highest BCUT2D eigenvalue weighted by atomic mass is 16.5. The van der Waals surface area contributed by atoms with Crippen molar-refractivity contribution < 1.29 is 19.1 Å². The molecule has 0 radical (unpaired) electrons.